The standard InChI is InChI=1S/C18H26BrNS/c1-11-4-14(19)15(21-11)16(20-3)18-8-12-5-13(9-18)7-17(2,6-12)10-18/h4,12-13,16,20H,5-10H2,1-3H3. The van der Waals surface area contributed by atoms with Gasteiger partial charge in [-0.05, 0) is 97.2 Å². The van der Waals surface area contributed by atoms with Gasteiger partial charge in [0, 0.05) is 20.3 Å². The zero-order valence-corrected chi connectivity index (χ0v) is 15.7. The molecule has 4 saturated carbocycles. The van der Waals surface area contributed by atoms with E-state index in [0.29, 0.717) is 16.9 Å². The van der Waals surface area contributed by atoms with Crippen LogP contribution in [0, 0.1) is 29.6 Å². The summed E-state index contributed by atoms with van der Waals surface area (Å²) in [6, 6.07) is 2.84. The highest BCUT2D eigenvalue weighted by Crippen LogP contribution is 2.68. The lowest BCUT2D eigenvalue weighted by molar-refractivity contribution is -0.117. The molecule has 3 heteroatoms. The highest BCUT2D eigenvalue weighted by Gasteiger charge is 2.58. The topological polar surface area (TPSA) is 12.0 Å². The summed E-state index contributed by atoms with van der Waals surface area (Å²) in [5.41, 5.74) is 1.13. The number of halogens is 1. The SMILES string of the molecule is CNC(c1sc(C)cc1Br)C12CC3CC(CC(C)(C3)C1)C2. The van der Waals surface area contributed by atoms with Gasteiger partial charge < -0.3 is 5.32 Å². The lowest BCUT2D eigenvalue weighted by atomic mass is 9.43. The Hall–Kier alpha value is 0.140. The molecule has 0 saturated heterocycles. The van der Waals surface area contributed by atoms with Gasteiger partial charge in [0.05, 0.1) is 0 Å². The Morgan fingerprint density at radius 1 is 1.29 bits per heavy atom. The molecular weight excluding hydrogens is 342 g/mol. The largest absolute Gasteiger partial charge is 0.312 e. The number of nitrogens with one attached hydrogen (secondary N) is 1. The van der Waals surface area contributed by atoms with E-state index in [1.165, 1.54) is 47.9 Å². The highest BCUT2D eigenvalue weighted by molar-refractivity contribution is 9.10. The molecule has 116 valence electrons. The van der Waals surface area contributed by atoms with Crippen LogP contribution in [0.1, 0.15) is 61.2 Å². The monoisotopic (exact) mass is 367 g/mol. The van der Waals surface area contributed by atoms with Gasteiger partial charge in [0.15, 0.2) is 0 Å². The molecule has 0 radical (unpaired) electrons. The molecule has 1 N–H and O–H groups in total. The predicted molar refractivity (Wildman–Crippen MR) is 93.8 cm³/mol. The smallest absolute Gasteiger partial charge is 0.0481 e. The number of hydrogen-bond donors (Lipinski definition) is 1. The van der Waals surface area contributed by atoms with Crippen LogP contribution in [-0.4, -0.2) is 7.05 Å². The molecule has 1 nitrogen and oxygen atoms in total. The maximum absolute atomic E-state index is 3.82. The van der Waals surface area contributed by atoms with Crippen molar-refractivity contribution in [2.24, 2.45) is 22.7 Å². The first kappa shape index (κ1) is 14.7. The Balaban J connectivity index is 1.75. The van der Waals surface area contributed by atoms with E-state index < -0.39 is 0 Å². The zero-order chi connectivity index (χ0) is 14.8. The van der Waals surface area contributed by atoms with Gasteiger partial charge >= 0.3 is 0 Å². The third-order valence-corrected chi connectivity index (χ3v) is 8.43. The van der Waals surface area contributed by atoms with Gasteiger partial charge in [-0.25, -0.2) is 0 Å². The minimum Gasteiger partial charge on any atom is -0.312 e. The van der Waals surface area contributed by atoms with Crippen molar-refractivity contribution in [1.82, 2.24) is 5.32 Å². The van der Waals surface area contributed by atoms with Gasteiger partial charge in [-0.2, -0.15) is 0 Å². The highest BCUT2D eigenvalue weighted by atomic mass is 79.9. The molecular formula is C18H26BrNS. The zero-order valence-electron chi connectivity index (χ0n) is 13.3. The molecule has 0 spiro atoms. The molecule has 3 atom stereocenters. The fourth-order valence-electron chi connectivity index (χ4n) is 6.55. The summed E-state index contributed by atoms with van der Waals surface area (Å²) in [7, 11) is 2.17. The Kier molecular flexibility index (Phi) is 3.37. The third kappa shape index (κ3) is 2.26. The fraction of sp³-hybridized carbons (Fsp3) is 0.778. The van der Waals surface area contributed by atoms with Crippen molar-refractivity contribution < 1.29 is 0 Å². The van der Waals surface area contributed by atoms with E-state index in [0.717, 1.165) is 11.8 Å². The van der Waals surface area contributed by atoms with E-state index in [4.69, 9.17) is 0 Å². The summed E-state index contributed by atoms with van der Waals surface area (Å²) < 4.78 is 1.32. The number of hydrogen-bond acceptors (Lipinski definition) is 2. The fourth-order valence-corrected chi connectivity index (χ4v) is 8.68. The second-order valence-corrected chi connectivity index (χ2v) is 10.6. The van der Waals surface area contributed by atoms with Crippen LogP contribution in [0.3, 0.4) is 0 Å². The van der Waals surface area contributed by atoms with E-state index in [-0.39, 0.29) is 0 Å². The predicted octanol–water partition coefficient (Wildman–Crippen LogP) is 5.69. The average Bonchev–Trinajstić information content (AvgIpc) is 2.65. The summed E-state index contributed by atoms with van der Waals surface area (Å²) in [5.74, 6) is 1.99. The van der Waals surface area contributed by atoms with Crippen LogP contribution in [0.2, 0.25) is 0 Å². The first-order valence-corrected chi connectivity index (χ1v) is 9.97. The second-order valence-electron chi connectivity index (χ2n) is 8.42. The van der Waals surface area contributed by atoms with Crippen LogP contribution in [0.25, 0.3) is 0 Å². The summed E-state index contributed by atoms with van der Waals surface area (Å²) in [6.45, 7) is 4.80. The number of thiophene rings is 1. The van der Waals surface area contributed by atoms with Crippen LogP contribution < -0.4 is 5.32 Å². The van der Waals surface area contributed by atoms with Gasteiger partial charge in [0.25, 0.3) is 0 Å². The van der Waals surface area contributed by atoms with E-state index in [1.807, 2.05) is 11.3 Å². The Labute approximate surface area is 141 Å². The maximum atomic E-state index is 3.82. The molecule has 0 aliphatic heterocycles. The molecule has 4 aliphatic rings. The van der Waals surface area contributed by atoms with Crippen LogP contribution >= 0.6 is 27.3 Å². The van der Waals surface area contributed by atoms with E-state index >= 15 is 0 Å². The lowest BCUT2D eigenvalue weighted by Crippen LogP contribution is -2.54. The third-order valence-electron chi connectivity index (χ3n) is 6.40. The van der Waals surface area contributed by atoms with Crippen molar-refractivity contribution >= 4 is 27.3 Å². The Bertz CT molecular complexity index is 550. The molecule has 1 aromatic heterocycles. The van der Waals surface area contributed by atoms with Crippen LogP contribution in [0.15, 0.2) is 10.5 Å². The van der Waals surface area contributed by atoms with Gasteiger partial charge in [0.2, 0.25) is 0 Å². The van der Waals surface area contributed by atoms with Crippen molar-refractivity contribution in [3.8, 4) is 0 Å². The van der Waals surface area contributed by atoms with Gasteiger partial charge in [-0.15, -0.1) is 11.3 Å². The number of rotatable bonds is 3. The van der Waals surface area contributed by atoms with Crippen molar-refractivity contribution in [2.75, 3.05) is 7.05 Å². The minimum absolute atomic E-state index is 0.507. The van der Waals surface area contributed by atoms with Crippen molar-refractivity contribution in [3.05, 3.63) is 20.3 Å². The summed E-state index contributed by atoms with van der Waals surface area (Å²) in [6.07, 6.45) is 8.83. The summed E-state index contributed by atoms with van der Waals surface area (Å²) in [4.78, 5) is 2.97. The van der Waals surface area contributed by atoms with Crippen LogP contribution in [0.4, 0.5) is 0 Å². The normalized spacial score (nSPS) is 42.5. The van der Waals surface area contributed by atoms with Crippen molar-refractivity contribution in [2.45, 2.75) is 58.4 Å². The van der Waals surface area contributed by atoms with Gasteiger partial charge in [-0.1, -0.05) is 6.92 Å². The summed E-state index contributed by atoms with van der Waals surface area (Å²) in [5, 5.41) is 3.73. The van der Waals surface area contributed by atoms with Gasteiger partial charge in [0.1, 0.15) is 0 Å². The first-order chi connectivity index (χ1) is 9.93. The maximum Gasteiger partial charge on any atom is 0.0481 e. The lowest BCUT2D eigenvalue weighted by Gasteiger charge is -2.63. The molecule has 3 unspecified atom stereocenters. The van der Waals surface area contributed by atoms with Crippen LogP contribution in [-0.2, 0) is 0 Å². The minimum atomic E-state index is 0.507. The molecule has 21 heavy (non-hydrogen) atoms. The van der Waals surface area contributed by atoms with Gasteiger partial charge in [-0.3, -0.25) is 0 Å². The molecule has 0 aromatic carbocycles. The molecule has 0 amide bonds. The molecule has 4 aliphatic carbocycles. The Morgan fingerprint density at radius 3 is 2.43 bits per heavy atom. The Morgan fingerprint density at radius 2 is 1.95 bits per heavy atom. The average molecular weight is 368 g/mol. The molecule has 5 rings (SSSR count). The molecule has 4 bridgehead atoms. The van der Waals surface area contributed by atoms with E-state index in [2.05, 4.69) is 48.2 Å². The second kappa shape index (κ2) is 4.82. The first-order valence-electron chi connectivity index (χ1n) is 8.36. The van der Waals surface area contributed by atoms with Crippen molar-refractivity contribution in [3.63, 3.8) is 0 Å². The van der Waals surface area contributed by atoms with Crippen LogP contribution in [0.5, 0.6) is 0 Å². The van der Waals surface area contributed by atoms with E-state index in [9.17, 15) is 0 Å². The summed E-state index contributed by atoms with van der Waals surface area (Å²) >= 11 is 5.81. The molecule has 1 aromatic rings. The quantitative estimate of drug-likeness (QED) is 0.723. The van der Waals surface area contributed by atoms with E-state index in [1.54, 1.807) is 4.88 Å². The van der Waals surface area contributed by atoms with Crippen molar-refractivity contribution in [1.29, 1.82) is 0 Å². The number of aryl methyl sites for hydroxylation is 1. The molecule has 4 fully saturated rings. The molecule has 1 heterocycles.